The van der Waals surface area contributed by atoms with Crippen molar-refractivity contribution in [3.8, 4) is 11.1 Å². The smallest absolute Gasteiger partial charge is 0.260 e. The molecule has 11 heteroatoms. The second-order valence-electron chi connectivity index (χ2n) is 9.19. The molecule has 4 N–H and O–H groups in total. The molecule has 200 valence electrons. The van der Waals surface area contributed by atoms with E-state index in [1.807, 2.05) is 19.9 Å². The summed E-state index contributed by atoms with van der Waals surface area (Å²) in [5.41, 5.74) is 7.86. The van der Waals surface area contributed by atoms with Crippen LogP contribution in [0.4, 0.5) is 20.5 Å². The molecule has 1 atom stereocenters. The van der Waals surface area contributed by atoms with Gasteiger partial charge in [-0.3, -0.25) is 9.36 Å². The van der Waals surface area contributed by atoms with Gasteiger partial charge in [-0.1, -0.05) is 18.2 Å². The van der Waals surface area contributed by atoms with Crippen molar-refractivity contribution in [3.63, 3.8) is 0 Å². The molecular weight excluding hydrogens is 508 g/mol. The van der Waals surface area contributed by atoms with Crippen LogP contribution in [0, 0.1) is 5.82 Å². The molecule has 0 bridgehead atoms. The lowest BCUT2D eigenvalue weighted by Crippen LogP contribution is -2.30. The lowest BCUT2D eigenvalue weighted by atomic mass is 10.1. The summed E-state index contributed by atoms with van der Waals surface area (Å²) in [5, 5.41) is 3.68. The Hall–Kier alpha value is -3.57. The lowest BCUT2D eigenvalue weighted by Gasteiger charge is -2.15. The number of fused-ring (bicyclic) bond motifs is 1. The van der Waals surface area contributed by atoms with Crippen LogP contribution in [0.2, 0.25) is 0 Å². The molecule has 1 aliphatic rings. The van der Waals surface area contributed by atoms with Gasteiger partial charge < -0.3 is 15.8 Å². The molecule has 1 saturated heterocycles. The van der Waals surface area contributed by atoms with Crippen LogP contribution in [0.5, 0.6) is 0 Å². The number of nitrogen functional groups attached to an aromatic ring is 1. The van der Waals surface area contributed by atoms with E-state index >= 15 is 0 Å². The zero-order valence-corrected chi connectivity index (χ0v) is 22.1. The van der Waals surface area contributed by atoms with Gasteiger partial charge in [-0.15, -0.1) is 0 Å². The Labute approximate surface area is 224 Å². The summed E-state index contributed by atoms with van der Waals surface area (Å²) >= 11 is 1.34. The number of hydrogen-bond donors (Lipinski definition) is 3. The molecule has 5 rings (SSSR count). The Balaban J connectivity index is 0.000000417. The van der Waals surface area contributed by atoms with Crippen molar-refractivity contribution in [1.29, 1.82) is 0 Å². The molecule has 1 fully saturated rings. The summed E-state index contributed by atoms with van der Waals surface area (Å²) in [6, 6.07) is 11.9. The second-order valence-corrected chi connectivity index (χ2v) is 9.97. The molecule has 8 nitrogen and oxygen atoms in total. The average Bonchev–Trinajstić information content (AvgIpc) is 2.90. The third kappa shape index (κ3) is 6.84. The number of anilines is 2. The second kappa shape index (κ2) is 12.8. The third-order valence-corrected chi connectivity index (χ3v) is 6.79. The maximum atomic E-state index is 13.7. The van der Waals surface area contributed by atoms with Gasteiger partial charge >= 0.3 is 0 Å². The van der Waals surface area contributed by atoms with Crippen LogP contribution in [0.25, 0.3) is 22.2 Å². The van der Waals surface area contributed by atoms with Gasteiger partial charge in [0.25, 0.3) is 5.56 Å². The quantitative estimate of drug-likeness (QED) is 0.290. The minimum Gasteiger partial charge on any atom is -0.368 e. The summed E-state index contributed by atoms with van der Waals surface area (Å²) in [4.78, 5) is 25.8. The monoisotopic (exact) mass is 539 g/mol. The van der Waals surface area contributed by atoms with Crippen molar-refractivity contribution in [1.82, 2.24) is 24.8 Å². The molecule has 0 aliphatic carbocycles. The van der Waals surface area contributed by atoms with Gasteiger partial charge in [-0.2, -0.15) is 4.98 Å². The van der Waals surface area contributed by atoms with Crippen molar-refractivity contribution in [2.24, 2.45) is 0 Å². The summed E-state index contributed by atoms with van der Waals surface area (Å²) in [5.74, 6) is 0.969. The SMILES string of the molecule is CC(C)n1c(=O)c(-c2ccc(NSCc3ccccc3F)nc2)cc2cnc(N)nc21.FC1CCCNC1. The molecule has 0 saturated carbocycles. The van der Waals surface area contributed by atoms with Crippen molar-refractivity contribution >= 4 is 34.7 Å². The van der Waals surface area contributed by atoms with Crippen molar-refractivity contribution in [2.45, 2.75) is 44.7 Å². The van der Waals surface area contributed by atoms with Gasteiger partial charge in [0.2, 0.25) is 5.95 Å². The van der Waals surface area contributed by atoms with Crippen LogP contribution >= 0.6 is 11.9 Å². The molecule has 3 aromatic heterocycles. The molecule has 0 spiro atoms. The number of nitrogens with one attached hydrogen (secondary N) is 2. The van der Waals surface area contributed by atoms with E-state index in [2.05, 4.69) is 25.0 Å². The van der Waals surface area contributed by atoms with Gasteiger partial charge in [-0.25, -0.2) is 18.7 Å². The fourth-order valence-corrected chi connectivity index (χ4v) is 4.78. The van der Waals surface area contributed by atoms with Gasteiger partial charge in [-0.05, 0) is 75.0 Å². The Kier molecular flexibility index (Phi) is 9.24. The highest BCUT2D eigenvalue weighted by atomic mass is 32.2. The molecule has 4 heterocycles. The van der Waals surface area contributed by atoms with Gasteiger partial charge in [0.1, 0.15) is 23.5 Å². The van der Waals surface area contributed by atoms with E-state index in [-0.39, 0.29) is 23.4 Å². The number of benzene rings is 1. The molecule has 1 unspecified atom stereocenters. The lowest BCUT2D eigenvalue weighted by molar-refractivity contribution is 0.266. The van der Waals surface area contributed by atoms with Gasteiger partial charge in [0, 0.05) is 47.2 Å². The summed E-state index contributed by atoms with van der Waals surface area (Å²) in [6.45, 7) is 5.41. The summed E-state index contributed by atoms with van der Waals surface area (Å²) < 4.78 is 30.5. The Morgan fingerprint density at radius 1 is 1.21 bits per heavy atom. The van der Waals surface area contributed by atoms with E-state index in [1.54, 1.807) is 47.3 Å². The van der Waals surface area contributed by atoms with E-state index in [9.17, 15) is 13.6 Å². The van der Waals surface area contributed by atoms with E-state index in [1.165, 1.54) is 18.0 Å². The zero-order chi connectivity index (χ0) is 27.1. The normalized spacial score (nSPS) is 15.2. The fourth-order valence-electron chi connectivity index (χ4n) is 4.05. The van der Waals surface area contributed by atoms with Crippen LogP contribution in [0.3, 0.4) is 0 Å². The minimum atomic E-state index is -0.575. The number of piperidine rings is 1. The molecule has 0 radical (unpaired) electrons. The van der Waals surface area contributed by atoms with E-state index in [0.29, 0.717) is 40.5 Å². The van der Waals surface area contributed by atoms with Crippen molar-refractivity contribution in [3.05, 3.63) is 76.6 Å². The highest BCUT2D eigenvalue weighted by molar-refractivity contribution is 7.99. The van der Waals surface area contributed by atoms with Crippen LogP contribution in [-0.4, -0.2) is 38.8 Å². The zero-order valence-electron chi connectivity index (χ0n) is 21.3. The highest BCUT2D eigenvalue weighted by Crippen LogP contribution is 2.24. The minimum absolute atomic E-state index is 0.104. The third-order valence-electron chi connectivity index (χ3n) is 5.98. The van der Waals surface area contributed by atoms with Gasteiger partial charge in [0.05, 0.1) is 0 Å². The average molecular weight is 540 g/mol. The number of halogens is 2. The molecular formula is C27H31F2N7OS. The molecule has 4 aromatic rings. The number of alkyl halides is 1. The van der Waals surface area contributed by atoms with E-state index < -0.39 is 6.17 Å². The van der Waals surface area contributed by atoms with Crippen LogP contribution in [0.1, 0.15) is 38.3 Å². The van der Waals surface area contributed by atoms with Gasteiger partial charge in [0.15, 0.2) is 0 Å². The molecule has 38 heavy (non-hydrogen) atoms. The maximum Gasteiger partial charge on any atom is 0.260 e. The Bertz CT molecular complexity index is 1420. The first kappa shape index (κ1) is 27.5. The number of aromatic nitrogens is 4. The number of hydrogen-bond acceptors (Lipinski definition) is 8. The predicted molar refractivity (Wildman–Crippen MR) is 150 cm³/mol. The van der Waals surface area contributed by atoms with Crippen LogP contribution < -0.4 is 21.3 Å². The highest BCUT2D eigenvalue weighted by Gasteiger charge is 2.15. The number of rotatable bonds is 6. The molecule has 0 amide bonds. The Morgan fingerprint density at radius 3 is 2.66 bits per heavy atom. The molecule has 1 aliphatic heterocycles. The summed E-state index contributed by atoms with van der Waals surface area (Å²) in [6.07, 6.45) is 4.43. The Morgan fingerprint density at radius 2 is 2.03 bits per heavy atom. The number of nitrogens with zero attached hydrogens (tertiary/aromatic N) is 4. The number of nitrogens with two attached hydrogens (primary N) is 1. The van der Waals surface area contributed by atoms with Crippen LogP contribution in [0.15, 0.2) is 59.7 Å². The summed E-state index contributed by atoms with van der Waals surface area (Å²) in [7, 11) is 0. The molecule has 1 aromatic carbocycles. The largest absolute Gasteiger partial charge is 0.368 e. The van der Waals surface area contributed by atoms with Crippen LogP contribution in [-0.2, 0) is 5.75 Å². The first-order chi connectivity index (χ1) is 18.3. The first-order valence-electron chi connectivity index (χ1n) is 12.4. The predicted octanol–water partition coefficient (Wildman–Crippen LogP) is 5.12. The van der Waals surface area contributed by atoms with Crippen molar-refractivity contribution in [2.75, 3.05) is 23.5 Å². The first-order valence-corrected chi connectivity index (χ1v) is 13.4. The fraction of sp³-hybridized carbons (Fsp3) is 0.333. The number of pyridine rings is 2. The van der Waals surface area contributed by atoms with E-state index in [0.717, 1.165) is 24.8 Å². The van der Waals surface area contributed by atoms with Crippen molar-refractivity contribution < 1.29 is 8.78 Å². The maximum absolute atomic E-state index is 13.7. The van der Waals surface area contributed by atoms with E-state index in [4.69, 9.17) is 5.73 Å². The topological polar surface area (TPSA) is 111 Å². The standard InChI is InChI=1S/C22H21FN6OS.C5H10FN/c1-13(2)29-20-16(11-26-22(24)27-20)9-17(21(29)30)14-7-8-19(25-10-14)28-31-12-15-5-3-4-6-18(15)23;6-5-2-1-3-7-4-5/h3-11,13H,12H2,1-2H3,(H,25,28)(H2,24,26,27);5,7H,1-4H2.